The minimum Gasteiger partial charge on any atom is -0.378 e. The van der Waals surface area contributed by atoms with E-state index in [-0.39, 0.29) is 5.69 Å². The highest BCUT2D eigenvalue weighted by molar-refractivity contribution is 9.10. The minimum atomic E-state index is -0.435. The zero-order valence-electron chi connectivity index (χ0n) is 8.89. The van der Waals surface area contributed by atoms with Gasteiger partial charge in [0.25, 0.3) is 5.69 Å². The molecule has 1 N–H and O–H groups in total. The van der Waals surface area contributed by atoms with Crippen LogP contribution >= 0.6 is 38.9 Å². The van der Waals surface area contributed by atoms with Crippen molar-refractivity contribution in [1.82, 2.24) is 4.98 Å². The van der Waals surface area contributed by atoms with E-state index in [9.17, 15) is 10.1 Å². The number of nitro benzene ring substituents is 1. The predicted molar refractivity (Wildman–Crippen MR) is 75.2 cm³/mol. The smallest absolute Gasteiger partial charge is 0.285 e. The van der Waals surface area contributed by atoms with Gasteiger partial charge in [-0.2, -0.15) is 0 Å². The third kappa shape index (κ3) is 3.18. The van der Waals surface area contributed by atoms with Crippen LogP contribution in [0.15, 0.2) is 28.9 Å². The molecule has 0 aliphatic rings. The normalized spacial score (nSPS) is 10.3. The fourth-order valence-electron chi connectivity index (χ4n) is 1.31. The number of nitrogens with one attached hydrogen (secondary N) is 1. The Morgan fingerprint density at radius 3 is 2.94 bits per heavy atom. The number of halogens is 2. The number of rotatable bonds is 4. The number of anilines is 1. The molecule has 0 radical (unpaired) electrons. The van der Waals surface area contributed by atoms with Crippen LogP contribution in [0.3, 0.4) is 0 Å². The Morgan fingerprint density at radius 1 is 1.56 bits per heavy atom. The zero-order chi connectivity index (χ0) is 13.1. The second-order valence-corrected chi connectivity index (χ2v) is 5.94. The average Bonchev–Trinajstić information content (AvgIpc) is 2.74. The van der Waals surface area contributed by atoms with E-state index in [0.717, 1.165) is 5.01 Å². The number of nitro groups is 1. The summed E-state index contributed by atoms with van der Waals surface area (Å²) in [4.78, 5) is 14.4. The maximum Gasteiger partial charge on any atom is 0.285 e. The molecule has 0 spiro atoms. The Bertz CT molecular complexity index is 590. The third-order valence-electron chi connectivity index (χ3n) is 2.11. The molecule has 0 aliphatic carbocycles. The molecule has 0 fully saturated rings. The van der Waals surface area contributed by atoms with Crippen molar-refractivity contribution in [3.63, 3.8) is 0 Å². The summed E-state index contributed by atoms with van der Waals surface area (Å²) in [5.74, 6) is 0. The highest BCUT2D eigenvalue weighted by atomic mass is 79.9. The Hall–Kier alpha value is -1.18. The first kappa shape index (κ1) is 13.3. The summed E-state index contributed by atoms with van der Waals surface area (Å²) in [7, 11) is 0. The highest BCUT2D eigenvalue weighted by Crippen LogP contribution is 2.28. The van der Waals surface area contributed by atoms with Gasteiger partial charge in [0.2, 0.25) is 0 Å². The molecule has 0 saturated carbocycles. The van der Waals surface area contributed by atoms with Gasteiger partial charge in [0.05, 0.1) is 22.1 Å². The van der Waals surface area contributed by atoms with Crippen molar-refractivity contribution >= 4 is 50.2 Å². The molecule has 18 heavy (non-hydrogen) atoms. The second-order valence-electron chi connectivity index (χ2n) is 3.33. The van der Waals surface area contributed by atoms with Crippen molar-refractivity contribution in [1.29, 1.82) is 0 Å². The number of hydrogen-bond donors (Lipinski definition) is 1. The van der Waals surface area contributed by atoms with E-state index in [1.54, 1.807) is 18.3 Å². The Kier molecular flexibility index (Phi) is 4.15. The lowest BCUT2D eigenvalue weighted by Gasteiger charge is -2.04. The van der Waals surface area contributed by atoms with Crippen LogP contribution in [0.2, 0.25) is 4.34 Å². The van der Waals surface area contributed by atoms with E-state index in [1.807, 2.05) is 0 Å². The van der Waals surface area contributed by atoms with Gasteiger partial charge in [-0.05, 0) is 28.1 Å². The molecule has 0 amide bonds. The molecule has 5 nitrogen and oxygen atoms in total. The van der Waals surface area contributed by atoms with Crippen LogP contribution in [0.25, 0.3) is 0 Å². The summed E-state index contributed by atoms with van der Waals surface area (Å²) in [5.41, 5.74) is 0.688. The van der Waals surface area contributed by atoms with E-state index >= 15 is 0 Å². The molecule has 0 saturated heterocycles. The highest BCUT2D eigenvalue weighted by Gasteiger charge is 2.12. The molecule has 0 aliphatic heterocycles. The lowest BCUT2D eigenvalue weighted by Crippen LogP contribution is -1.99. The monoisotopic (exact) mass is 347 g/mol. The van der Waals surface area contributed by atoms with Crippen molar-refractivity contribution in [2.45, 2.75) is 6.54 Å². The zero-order valence-corrected chi connectivity index (χ0v) is 12.1. The van der Waals surface area contributed by atoms with Gasteiger partial charge in [-0.15, -0.1) is 11.3 Å². The van der Waals surface area contributed by atoms with E-state index in [2.05, 4.69) is 26.2 Å². The maximum atomic E-state index is 10.8. The van der Waals surface area contributed by atoms with Crippen molar-refractivity contribution in [2.75, 3.05) is 5.32 Å². The summed E-state index contributed by atoms with van der Waals surface area (Å²) in [6, 6.07) is 4.86. The van der Waals surface area contributed by atoms with Gasteiger partial charge < -0.3 is 5.32 Å². The summed E-state index contributed by atoms with van der Waals surface area (Å²) < 4.78 is 1.07. The first-order valence-electron chi connectivity index (χ1n) is 4.84. The quantitative estimate of drug-likeness (QED) is 0.668. The lowest BCUT2D eigenvalue weighted by molar-refractivity contribution is -0.385. The molecule has 0 unspecified atom stereocenters. The molecular weight excluding hydrogens is 342 g/mol. The largest absolute Gasteiger partial charge is 0.378 e. The van der Waals surface area contributed by atoms with Crippen LogP contribution in [-0.4, -0.2) is 9.91 Å². The summed E-state index contributed by atoms with van der Waals surface area (Å²) in [6.45, 7) is 0.482. The molecule has 94 valence electrons. The van der Waals surface area contributed by atoms with Gasteiger partial charge in [-0.1, -0.05) is 11.6 Å². The van der Waals surface area contributed by atoms with Crippen molar-refractivity contribution in [3.8, 4) is 0 Å². The van der Waals surface area contributed by atoms with Crippen LogP contribution in [0.4, 0.5) is 11.4 Å². The van der Waals surface area contributed by atoms with E-state index < -0.39 is 4.92 Å². The van der Waals surface area contributed by atoms with Gasteiger partial charge in [-0.25, -0.2) is 4.98 Å². The standard InChI is InChI=1S/C10H7BrClN3O2S/c11-7-2-1-6(3-8(7)15(16)17)13-5-10-14-4-9(12)18-10/h1-4,13H,5H2. The average molecular weight is 349 g/mol. The molecule has 8 heteroatoms. The van der Waals surface area contributed by atoms with Gasteiger partial charge >= 0.3 is 0 Å². The van der Waals surface area contributed by atoms with Crippen molar-refractivity contribution < 1.29 is 4.92 Å². The predicted octanol–water partition coefficient (Wildman–Crippen LogP) is 4.08. The summed E-state index contributed by atoms with van der Waals surface area (Å²) >= 11 is 10.3. The van der Waals surface area contributed by atoms with Crippen LogP contribution in [-0.2, 0) is 6.54 Å². The number of hydrogen-bond acceptors (Lipinski definition) is 5. The molecule has 2 aromatic rings. The fraction of sp³-hybridized carbons (Fsp3) is 0.100. The van der Waals surface area contributed by atoms with Gasteiger partial charge in [0, 0.05) is 11.8 Å². The second kappa shape index (κ2) is 5.64. The number of nitrogens with zero attached hydrogens (tertiary/aromatic N) is 2. The molecule has 2 rings (SSSR count). The Balaban J connectivity index is 2.10. The summed E-state index contributed by atoms with van der Waals surface area (Å²) in [6.07, 6.45) is 1.58. The van der Waals surface area contributed by atoms with Gasteiger partial charge in [0.15, 0.2) is 0 Å². The van der Waals surface area contributed by atoms with E-state index in [1.165, 1.54) is 17.4 Å². The Morgan fingerprint density at radius 2 is 2.33 bits per heavy atom. The molecule has 1 heterocycles. The SMILES string of the molecule is O=[N+]([O-])c1cc(NCc2ncc(Cl)s2)ccc1Br. The molecule has 1 aromatic heterocycles. The van der Waals surface area contributed by atoms with Crippen molar-refractivity contribution in [2.24, 2.45) is 0 Å². The van der Waals surface area contributed by atoms with E-state index in [4.69, 9.17) is 11.6 Å². The van der Waals surface area contributed by atoms with Crippen LogP contribution in [0.5, 0.6) is 0 Å². The molecule has 0 bridgehead atoms. The number of aromatic nitrogens is 1. The minimum absolute atomic E-state index is 0.0252. The molecule has 0 atom stereocenters. The van der Waals surface area contributed by atoms with Gasteiger partial charge in [-0.3, -0.25) is 10.1 Å². The maximum absolute atomic E-state index is 10.8. The third-order valence-corrected chi connectivity index (χ3v) is 3.90. The number of benzene rings is 1. The van der Waals surface area contributed by atoms with Crippen LogP contribution < -0.4 is 5.32 Å². The van der Waals surface area contributed by atoms with Gasteiger partial charge in [0.1, 0.15) is 9.34 Å². The Labute approximate surface area is 120 Å². The summed E-state index contributed by atoms with van der Waals surface area (Å²) in [5, 5.41) is 14.7. The number of thiazole rings is 1. The molecular formula is C10H7BrClN3O2S. The van der Waals surface area contributed by atoms with Crippen molar-refractivity contribution in [3.05, 3.63) is 48.3 Å². The first-order valence-corrected chi connectivity index (χ1v) is 6.83. The lowest BCUT2D eigenvalue weighted by atomic mass is 10.3. The first-order chi connectivity index (χ1) is 8.56. The van der Waals surface area contributed by atoms with Crippen LogP contribution in [0.1, 0.15) is 5.01 Å². The fourth-order valence-corrected chi connectivity index (χ4v) is 2.60. The van der Waals surface area contributed by atoms with E-state index in [0.29, 0.717) is 21.0 Å². The topological polar surface area (TPSA) is 68.1 Å². The van der Waals surface area contributed by atoms with Crippen LogP contribution in [0, 0.1) is 10.1 Å². The molecule has 1 aromatic carbocycles.